The first kappa shape index (κ1) is 17.5. The molecule has 1 aromatic heterocycles. The minimum absolute atomic E-state index is 0.00777. The first-order chi connectivity index (χ1) is 13.2. The molecular weight excluding hydrogens is 342 g/mol. The van der Waals surface area contributed by atoms with Gasteiger partial charge < -0.3 is 15.0 Å². The third kappa shape index (κ3) is 3.94. The van der Waals surface area contributed by atoms with Crippen molar-refractivity contribution in [1.29, 1.82) is 0 Å². The number of fused-ring (bicyclic) bond motifs is 2. The summed E-state index contributed by atoms with van der Waals surface area (Å²) >= 11 is 0. The molecule has 6 nitrogen and oxygen atoms in total. The van der Waals surface area contributed by atoms with Crippen LogP contribution in [-0.2, 0) is 4.79 Å². The predicted octanol–water partition coefficient (Wildman–Crippen LogP) is 2.41. The molecular formula is C21H23N3O3. The van der Waals surface area contributed by atoms with Crippen LogP contribution >= 0.6 is 0 Å². The Kier molecular flexibility index (Phi) is 5.05. The molecule has 0 aliphatic carbocycles. The molecule has 2 aliphatic rings. The SMILES string of the molecule is O=C(NCC(=O)N1C2CCC1CC(Oc1cccnc1)C2)c1ccccc1. The van der Waals surface area contributed by atoms with E-state index in [2.05, 4.69) is 10.3 Å². The van der Waals surface area contributed by atoms with E-state index < -0.39 is 0 Å². The number of aromatic nitrogens is 1. The second kappa shape index (κ2) is 7.78. The highest BCUT2D eigenvalue weighted by atomic mass is 16.5. The van der Waals surface area contributed by atoms with E-state index >= 15 is 0 Å². The number of carbonyl (C=O) groups excluding carboxylic acids is 2. The van der Waals surface area contributed by atoms with Gasteiger partial charge in [0.1, 0.15) is 11.9 Å². The number of piperidine rings is 1. The number of ether oxygens (including phenoxy) is 1. The maximum atomic E-state index is 12.7. The van der Waals surface area contributed by atoms with Crippen molar-refractivity contribution in [2.75, 3.05) is 6.54 Å². The maximum absolute atomic E-state index is 12.7. The van der Waals surface area contributed by atoms with E-state index in [1.165, 1.54) is 0 Å². The monoisotopic (exact) mass is 365 g/mol. The number of benzene rings is 1. The zero-order chi connectivity index (χ0) is 18.6. The van der Waals surface area contributed by atoms with Crippen LogP contribution in [0.15, 0.2) is 54.9 Å². The smallest absolute Gasteiger partial charge is 0.251 e. The van der Waals surface area contributed by atoms with E-state index in [0.29, 0.717) is 5.56 Å². The number of hydrogen-bond donors (Lipinski definition) is 1. The van der Waals surface area contributed by atoms with Crippen molar-refractivity contribution in [2.24, 2.45) is 0 Å². The number of hydrogen-bond acceptors (Lipinski definition) is 4. The predicted molar refractivity (Wildman–Crippen MR) is 100 cm³/mol. The molecule has 2 fully saturated rings. The fraction of sp³-hybridized carbons (Fsp3) is 0.381. The molecule has 2 atom stereocenters. The molecule has 0 radical (unpaired) electrons. The molecule has 27 heavy (non-hydrogen) atoms. The van der Waals surface area contributed by atoms with Crippen LogP contribution in [0, 0.1) is 0 Å². The Morgan fingerprint density at radius 2 is 1.81 bits per heavy atom. The van der Waals surface area contributed by atoms with Gasteiger partial charge in [-0.25, -0.2) is 0 Å². The van der Waals surface area contributed by atoms with Crippen LogP contribution in [0.3, 0.4) is 0 Å². The zero-order valence-corrected chi connectivity index (χ0v) is 15.1. The summed E-state index contributed by atoms with van der Waals surface area (Å²) in [6, 6.07) is 13.1. The summed E-state index contributed by atoms with van der Waals surface area (Å²) in [7, 11) is 0. The minimum atomic E-state index is -0.217. The third-order valence-corrected chi connectivity index (χ3v) is 5.35. The molecule has 2 aromatic rings. The fourth-order valence-corrected chi connectivity index (χ4v) is 4.18. The van der Waals surface area contributed by atoms with Crippen LogP contribution < -0.4 is 10.1 Å². The van der Waals surface area contributed by atoms with E-state index in [0.717, 1.165) is 31.4 Å². The molecule has 3 heterocycles. The molecule has 0 spiro atoms. The van der Waals surface area contributed by atoms with Crippen molar-refractivity contribution in [3.05, 3.63) is 60.4 Å². The van der Waals surface area contributed by atoms with E-state index in [1.54, 1.807) is 24.5 Å². The van der Waals surface area contributed by atoms with Crippen molar-refractivity contribution in [2.45, 2.75) is 43.9 Å². The number of amides is 2. The summed E-state index contributed by atoms with van der Waals surface area (Å²) in [4.78, 5) is 30.9. The van der Waals surface area contributed by atoms with Crippen LogP contribution in [0.1, 0.15) is 36.0 Å². The molecule has 1 N–H and O–H groups in total. The number of nitrogens with one attached hydrogen (secondary N) is 1. The lowest BCUT2D eigenvalue weighted by Crippen LogP contribution is -2.52. The second-order valence-electron chi connectivity index (χ2n) is 7.13. The van der Waals surface area contributed by atoms with Gasteiger partial charge in [0.25, 0.3) is 5.91 Å². The van der Waals surface area contributed by atoms with Crippen LogP contribution in [0.2, 0.25) is 0 Å². The summed E-state index contributed by atoms with van der Waals surface area (Å²) in [5.41, 5.74) is 0.567. The van der Waals surface area contributed by atoms with E-state index in [-0.39, 0.29) is 36.5 Å². The summed E-state index contributed by atoms with van der Waals surface area (Å²) in [6.07, 6.45) is 7.19. The summed E-state index contributed by atoms with van der Waals surface area (Å²) < 4.78 is 6.05. The lowest BCUT2D eigenvalue weighted by Gasteiger charge is -2.39. The standard InChI is InChI=1S/C21H23N3O3/c25-20(14-23-21(26)15-5-2-1-3-6-15)24-16-8-9-17(24)12-19(11-16)27-18-7-4-10-22-13-18/h1-7,10,13,16-17,19H,8-9,11-12,14H2,(H,23,26). The highest BCUT2D eigenvalue weighted by molar-refractivity contribution is 5.96. The Hall–Kier alpha value is -2.89. The number of nitrogens with zero attached hydrogens (tertiary/aromatic N) is 2. The van der Waals surface area contributed by atoms with Gasteiger partial charge in [0.05, 0.1) is 12.7 Å². The lowest BCUT2D eigenvalue weighted by molar-refractivity contribution is -0.135. The van der Waals surface area contributed by atoms with Crippen molar-refractivity contribution in [1.82, 2.24) is 15.2 Å². The topological polar surface area (TPSA) is 71.5 Å². The Balaban J connectivity index is 1.32. The number of pyridine rings is 1. The van der Waals surface area contributed by atoms with Gasteiger partial charge in [0.2, 0.25) is 5.91 Å². The highest BCUT2D eigenvalue weighted by Gasteiger charge is 2.43. The van der Waals surface area contributed by atoms with Gasteiger partial charge in [-0.1, -0.05) is 18.2 Å². The molecule has 4 rings (SSSR count). The molecule has 2 bridgehead atoms. The molecule has 0 saturated carbocycles. The fourth-order valence-electron chi connectivity index (χ4n) is 4.18. The van der Waals surface area contributed by atoms with E-state index in [4.69, 9.17) is 4.74 Å². The largest absolute Gasteiger partial charge is 0.489 e. The Labute approximate surface area is 158 Å². The highest BCUT2D eigenvalue weighted by Crippen LogP contribution is 2.37. The third-order valence-electron chi connectivity index (χ3n) is 5.35. The summed E-state index contributed by atoms with van der Waals surface area (Å²) in [5.74, 6) is 0.550. The van der Waals surface area contributed by atoms with Gasteiger partial charge in [0, 0.05) is 36.7 Å². The molecule has 140 valence electrons. The molecule has 6 heteroatoms. The van der Waals surface area contributed by atoms with Gasteiger partial charge in [-0.2, -0.15) is 0 Å². The Morgan fingerprint density at radius 3 is 2.48 bits per heavy atom. The first-order valence-corrected chi connectivity index (χ1v) is 9.42. The van der Waals surface area contributed by atoms with Gasteiger partial charge in [-0.3, -0.25) is 14.6 Å². The molecule has 2 saturated heterocycles. The summed E-state index contributed by atoms with van der Waals surface area (Å²) in [6.45, 7) is 0.0366. The average Bonchev–Trinajstić information content (AvgIpc) is 2.98. The molecule has 2 unspecified atom stereocenters. The minimum Gasteiger partial charge on any atom is -0.489 e. The van der Waals surface area contributed by atoms with Gasteiger partial charge in [-0.15, -0.1) is 0 Å². The first-order valence-electron chi connectivity index (χ1n) is 9.42. The van der Waals surface area contributed by atoms with Crippen LogP contribution in [-0.4, -0.2) is 46.4 Å². The molecule has 1 aromatic carbocycles. The van der Waals surface area contributed by atoms with Crippen molar-refractivity contribution >= 4 is 11.8 Å². The van der Waals surface area contributed by atoms with Gasteiger partial charge >= 0.3 is 0 Å². The molecule has 2 aliphatic heterocycles. The normalized spacial score (nSPS) is 23.7. The van der Waals surface area contributed by atoms with E-state index in [1.807, 2.05) is 35.2 Å². The van der Waals surface area contributed by atoms with Crippen LogP contribution in [0.25, 0.3) is 0 Å². The Morgan fingerprint density at radius 1 is 1.07 bits per heavy atom. The zero-order valence-electron chi connectivity index (χ0n) is 15.1. The maximum Gasteiger partial charge on any atom is 0.251 e. The number of carbonyl (C=O) groups is 2. The van der Waals surface area contributed by atoms with Crippen LogP contribution in [0.4, 0.5) is 0 Å². The lowest BCUT2D eigenvalue weighted by atomic mass is 9.99. The van der Waals surface area contributed by atoms with E-state index in [9.17, 15) is 9.59 Å². The van der Waals surface area contributed by atoms with Crippen molar-refractivity contribution in [3.8, 4) is 5.75 Å². The van der Waals surface area contributed by atoms with Gasteiger partial charge in [-0.05, 0) is 37.1 Å². The van der Waals surface area contributed by atoms with Crippen molar-refractivity contribution < 1.29 is 14.3 Å². The van der Waals surface area contributed by atoms with Crippen molar-refractivity contribution in [3.63, 3.8) is 0 Å². The second-order valence-corrected chi connectivity index (χ2v) is 7.13. The van der Waals surface area contributed by atoms with Crippen LogP contribution in [0.5, 0.6) is 5.75 Å². The average molecular weight is 365 g/mol. The molecule has 2 amide bonds. The Bertz CT molecular complexity index is 783. The quantitative estimate of drug-likeness (QED) is 0.883. The number of rotatable bonds is 5. The van der Waals surface area contributed by atoms with Gasteiger partial charge in [0.15, 0.2) is 0 Å². The summed E-state index contributed by atoms with van der Waals surface area (Å²) in [5, 5.41) is 2.75.